The fourth-order valence-electron chi connectivity index (χ4n) is 0.653. The summed E-state index contributed by atoms with van der Waals surface area (Å²) in [7, 11) is 0. The van der Waals surface area contributed by atoms with E-state index in [0.29, 0.717) is 0 Å². The molecule has 0 radical (unpaired) electrons. The number of aliphatic carboxylic acids is 1. The first-order chi connectivity index (χ1) is 6.50. The minimum Gasteiger partial charge on any atom is -0.481 e. The third kappa shape index (κ3) is 3.11. The molecule has 0 aromatic heterocycles. The van der Waals surface area contributed by atoms with Gasteiger partial charge < -0.3 is 10.8 Å². The van der Waals surface area contributed by atoms with E-state index in [1.807, 2.05) is 0 Å². The normalized spacial score (nSPS) is 14.8. The fourth-order valence-corrected chi connectivity index (χ4v) is 0.653. The van der Waals surface area contributed by atoms with E-state index in [9.17, 15) is 31.5 Å². The quantitative estimate of drug-likeness (QED) is 0.697. The number of Topliss-reactive ketones (excluding diaryl/α,β-unsaturated/α-hetero) is 1. The van der Waals surface area contributed by atoms with Gasteiger partial charge in [-0.25, -0.2) is 0 Å². The lowest BCUT2D eigenvalue weighted by atomic mass is 10.0. The van der Waals surface area contributed by atoms with E-state index in [4.69, 9.17) is 5.11 Å². The summed E-state index contributed by atoms with van der Waals surface area (Å²) in [5, 5.41) is 8.04. The van der Waals surface area contributed by atoms with Crippen LogP contribution in [0.25, 0.3) is 0 Å². The molecule has 0 aliphatic rings. The number of carboxylic acids is 1. The van der Waals surface area contributed by atoms with Crippen molar-refractivity contribution < 1.29 is 36.6 Å². The Bertz CT molecular complexity index is 274. The second-order valence-corrected chi connectivity index (χ2v) is 2.64. The maximum atomic E-state index is 12.3. The molecule has 0 fully saturated rings. The van der Waals surface area contributed by atoms with Gasteiger partial charge in [0.15, 0.2) is 0 Å². The largest absolute Gasteiger partial charge is 0.481 e. The van der Waals surface area contributed by atoms with Crippen LogP contribution in [0.1, 0.15) is 6.42 Å². The number of carboxylic acid groups (broad SMARTS) is 1. The molecule has 0 bridgehead atoms. The van der Waals surface area contributed by atoms with Crippen LogP contribution in [-0.2, 0) is 9.59 Å². The molecule has 0 spiro atoms. The molecule has 1 unspecified atom stereocenters. The highest BCUT2D eigenvalue weighted by molar-refractivity contribution is 5.93. The van der Waals surface area contributed by atoms with Crippen molar-refractivity contribution in [1.29, 1.82) is 0 Å². The van der Waals surface area contributed by atoms with Crippen LogP contribution in [0.15, 0.2) is 0 Å². The summed E-state index contributed by atoms with van der Waals surface area (Å²) < 4.78 is 59.4. The highest BCUT2D eigenvalue weighted by Gasteiger charge is 2.64. The van der Waals surface area contributed by atoms with E-state index in [1.54, 1.807) is 0 Å². The number of nitrogens with two attached hydrogens (primary N) is 1. The minimum absolute atomic E-state index is 1.29. The van der Waals surface area contributed by atoms with Gasteiger partial charge in [-0.3, -0.25) is 9.59 Å². The summed E-state index contributed by atoms with van der Waals surface area (Å²) >= 11 is 0. The van der Waals surface area contributed by atoms with Crippen molar-refractivity contribution in [2.24, 2.45) is 5.73 Å². The first kappa shape index (κ1) is 13.8. The topological polar surface area (TPSA) is 80.4 Å². The molecular weight excluding hydrogens is 229 g/mol. The molecule has 9 heteroatoms. The second-order valence-electron chi connectivity index (χ2n) is 2.64. The van der Waals surface area contributed by atoms with Crippen LogP contribution in [0.4, 0.5) is 22.0 Å². The summed E-state index contributed by atoms with van der Waals surface area (Å²) in [6.45, 7) is 0. The van der Waals surface area contributed by atoms with Crippen molar-refractivity contribution in [3.05, 3.63) is 0 Å². The highest BCUT2D eigenvalue weighted by Crippen LogP contribution is 2.36. The number of halogens is 5. The minimum atomic E-state index is -6.07. The van der Waals surface area contributed by atoms with Crippen LogP contribution in [0.3, 0.4) is 0 Å². The molecule has 0 aromatic carbocycles. The molecule has 1 atom stereocenters. The van der Waals surface area contributed by atoms with E-state index in [-0.39, 0.29) is 0 Å². The molecule has 4 nitrogen and oxygen atoms in total. The molecule has 0 aliphatic carbocycles. The predicted octanol–water partition coefficient (Wildman–Crippen LogP) is 0.555. The lowest BCUT2D eigenvalue weighted by Crippen LogP contribution is -2.52. The van der Waals surface area contributed by atoms with Crippen LogP contribution in [0, 0.1) is 0 Å². The van der Waals surface area contributed by atoms with Gasteiger partial charge in [-0.1, -0.05) is 0 Å². The van der Waals surface area contributed by atoms with Crippen LogP contribution < -0.4 is 5.73 Å². The molecule has 0 amide bonds. The molecule has 15 heavy (non-hydrogen) atoms. The van der Waals surface area contributed by atoms with Crippen molar-refractivity contribution in [3.63, 3.8) is 0 Å². The van der Waals surface area contributed by atoms with Gasteiger partial charge in [0.25, 0.3) is 0 Å². The maximum absolute atomic E-state index is 12.3. The van der Waals surface area contributed by atoms with Crippen molar-refractivity contribution in [1.82, 2.24) is 0 Å². The number of carbonyl (C=O) groups is 2. The lowest BCUT2D eigenvalue weighted by molar-refractivity contribution is -0.269. The zero-order chi connectivity index (χ0) is 12.4. The zero-order valence-electron chi connectivity index (χ0n) is 7.02. The van der Waals surface area contributed by atoms with Gasteiger partial charge in [-0.2, -0.15) is 22.0 Å². The Morgan fingerprint density at radius 1 is 1.20 bits per heavy atom. The van der Waals surface area contributed by atoms with Crippen molar-refractivity contribution >= 4 is 11.8 Å². The Hall–Kier alpha value is -1.25. The van der Waals surface area contributed by atoms with Crippen molar-refractivity contribution in [3.8, 4) is 0 Å². The maximum Gasteiger partial charge on any atom is 0.461 e. The first-order valence-corrected chi connectivity index (χ1v) is 3.46. The number of hydrogen-bond acceptors (Lipinski definition) is 3. The Kier molecular flexibility index (Phi) is 3.75. The third-order valence-electron chi connectivity index (χ3n) is 1.40. The van der Waals surface area contributed by atoms with Gasteiger partial charge in [0.05, 0.1) is 12.5 Å². The van der Waals surface area contributed by atoms with Crippen LogP contribution >= 0.6 is 0 Å². The Morgan fingerprint density at radius 2 is 1.60 bits per heavy atom. The highest BCUT2D eigenvalue weighted by atomic mass is 19.4. The van der Waals surface area contributed by atoms with E-state index in [0.717, 1.165) is 0 Å². The molecule has 0 saturated carbocycles. The molecule has 0 aliphatic heterocycles. The summed E-state index contributed by atoms with van der Waals surface area (Å²) in [6.07, 6.45) is -7.36. The number of hydrogen-bond donors (Lipinski definition) is 2. The van der Waals surface area contributed by atoms with Crippen molar-refractivity contribution in [2.45, 2.75) is 24.6 Å². The first-order valence-electron chi connectivity index (χ1n) is 3.46. The zero-order valence-corrected chi connectivity index (χ0v) is 7.02. The fraction of sp³-hybridized carbons (Fsp3) is 0.667. The molecule has 3 N–H and O–H groups in total. The Balaban J connectivity index is 4.78. The molecule has 0 aromatic rings. The van der Waals surface area contributed by atoms with Crippen LogP contribution in [-0.4, -0.2) is 35.0 Å². The van der Waals surface area contributed by atoms with Gasteiger partial charge >= 0.3 is 18.1 Å². The summed E-state index contributed by atoms with van der Waals surface area (Å²) in [5.41, 5.74) is 4.59. The van der Waals surface area contributed by atoms with Gasteiger partial charge in [0.1, 0.15) is 0 Å². The standard InChI is InChI=1S/C6H6F5NO3/c7-5(8,6(9,10)11)4(15)2(12)1-3(13)14/h2H,1,12H2,(H,13,14). The number of alkyl halides is 5. The van der Waals surface area contributed by atoms with Gasteiger partial charge in [0.2, 0.25) is 5.78 Å². The molecule has 0 heterocycles. The van der Waals surface area contributed by atoms with E-state index >= 15 is 0 Å². The van der Waals surface area contributed by atoms with E-state index in [2.05, 4.69) is 5.73 Å². The molecule has 88 valence electrons. The average Bonchev–Trinajstić information content (AvgIpc) is 1.99. The van der Waals surface area contributed by atoms with Gasteiger partial charge in [0, 0.05) is 0 Å². The molecule has 0 rings (SSSR count). The van der Waals surface area contributed by atoms with Crippen LogP contribution in [0.5, 0.6) is 0 Å². The lowest BCUT2D eigenvalue weighted by Gasteiger charge is -2.20. The number of carbonyl (C=O) groups excluding carboxylic acids is 1. The van der Waals surface area contributed by atoms with Crippen molar-refractivity contribution in [2.75, 3.05) is 0 Å². The number of rotatable bonds is 4. The predicted molar refractivity (Wildman–Crippen MR) is 36.2 cm³/mol. The van der Waals surface area contributed by atoms with Crippen LogP contribution in [0.2, 0.25) is 0 Å². The molecular formula is C6H6F5NO3. The summed E-state index contributed by atoms with van der Waals surface area (Å²) in [6, 6.07) is -2.39. The Labute approximate surface area is 79.8 Å². The molecule has 0 saturated heterocycles. The Morgan fingerprint density at radius 3 is 1.87 bits per heavy atom. The SMILES string of the molecule is NC(CC(=O)O)C(=O)C(F)(F)C(F)(F)F. The monoisotopic (exact) mass is 235 g/mol. The second kappa shape index (κ2) is 4.09. The summed E-state index contributed by atoms with van der Waals surface area (Å²) in [5.74, 6) is -10.0. The summed E-state index contributed by atoms with van der Waals surface area (Å²) in [4.78, 5) is 20.4. The van der Waals surface area contributed by atoms with Gasteiger partial charge in [-0.15, -0.1) is 0 Å². The van der Waals surface area contributed by atoms with E-state index in [1.165, 1.54) is 0 Å². The van der Waals surface area contributed by atoms with Gasteiger partial charge in [-0.05, 0) is 0 Å². The third-order valence-corrected chi connectivity index (χ3v) is 1.40. The number of ketones is 1. The average molecular weight is 235 g/mol. The van der Waals surface area contributed by atoms with E-state index < -0.39 is 36.3 Å². The smallest absolute Gasteiger partial charge is 0.461 e.